The third-order valence-electron chi connectivity index (χ3n) is 3.87. The Bertz CT molecular complexity index is 561. The van der Waals surface area contributed by atoms with Crippen LogP contribution in [-0.2, 0) is 9.59 Å². The molecule has 1 aliphatic heterocycles. The van der Waals surface area contributed by atoms with Crippen molar-refractivity contribution >= 4 is 17.5 Å². The molecule has 0 saturated carbocycles. The fourth-order valence-corrected chi connectivity index (χ4v) is 2.73. The third-order valence-corrected chi connectivity index (χ3v) is 3.87. The van der Waals surface area contributed by atoms with Crippen molar-refractivity contribution in [2.24, 2.45) is 11.3 Å². The number of anilines is 1. The van der Waals surface area contributed by atoms with Crippen molar-refractivity contribution in [3.05, 3.63) is 24.3 Å². The quantitative estimate of drug-likeness (QED) is 0.908. The van der Waals surface area contributed by atoms with Crippen molar-refractivity contribution in [3.63, 3.8) is 0 Å². The van der Waals surface area contributed by atoms with Crippen LogP contribution in [0.5, 0.6) is 5.75 Å². The van der Waals surface area contributed by atoms with Crippen molar-refractivity contribution in [1.82, 2.24) is 5.32 Å². The Hall–Kier alpha value is -2.04. The molecular formula is C18H26N2O3. The number of rotatable bonds is 5. The minimum absolute atomic E-state index is 0.0231. The van der Waals surface area contributed by atoms with Gasteiger partial charge in [0.25, 0.3) is 0 Å². The van der Waals surface area contributed by atoms with Crippen LogP contribution in [0.3, 0.4) is 0 Å². The second-order valence-electron chi connectivity index (χ2n) is 7.31. The Labute approximate surface area is 138 Å². The van der Waals surface area contributed by atoms with Crippen molar-refractivity contribution in [2.75, 3.05) is 25.1 Å². The van der Waals surface area contributed by atoms with Gasteiger partial charge < -0.3 is 15.0 Å². The summed E-state index contributed by atoms with van der Waals surface area (Å²) >= 11 is 0. The molecule has 2 rings (SSSR count). The molecular weight excluding hydrogens is 292 g/mol. The van der Waals surface area contributed by atoms with Gasteiger partial charge in [-0.25, -0.2) is 0 Å². The second kappa shape index (κ2) is 7.02. The van der Waals surface area contributed by atoms with Gasteiger partial charge in [0.15, 0.2) is 0 Å². The van der Waals surface area contributed by atoms with Crippen LogP contribution in [0.4, 0.5) is 5.69 Å². The highest BCUT2D eigenvalue weighted by Gasteiger charge is 2.31. The molecule has 0 bridgehead atoms. The molecule has 1 aliphatic rings. The van der Waals surface area contributed by atoms with E-state index >= 15 is 0 Å². The molecule has 2 amide bonds. The van der Waals surface area contributed by atoms with E-state index < -0.39 is 0 Å². The van der Waals surface area contributed by atoms with Gasteiger partial charge in [-0.2, -0.15) is 0 Å². The van der Waals surface area contributed by atoms with E-state index in [0.717, 1.165) is 11.4 Å². The number of carbonyl (C=O) groups excluding carboxylic acids is 2. The van der Waals surface area contributed by atoms with Crippen molar-refractivity contribution in [2.45, 2.75) is 33.6 Å². The number of methoxy groups -OCH3 is 1. The zero-order chi connectivity index (χ0) is 17.0. The highest BCUT2D eigenvalue weighted by atomic mass is 16.5. The first-order chi connectivity index (χ1) is 10.8. The van der Waals surface area contributed by atoms with E-state index in [2.05, 4.69) is 5.32 Å². The van der Waals surface area contributed by atoms with Gasteiger partial charge in [0, 0.05) is 37.5 Å². The maximum Gasteiger partial charge on any atom is 0.227 e. The minimum Gasteiger partial charge on any atom is -0.497 e. The van der Waals surface area contributed by atoms with E-state index in [0.29, 0.717) is 25.9 Å². The van der Waals surface area contributed by atoms with Gasteiger partial charge in [0.05, 0.1) is 7.11 Å². The highest BCUT2D eigenvalue weighted by molar-refractivity contribution is 5.95. The van der Waals surface area contributed by atoms with E-state index in [4.69, 9.17) is 4.74 Å². The lowest BCUT2D eigenvalue weighted by Gasteiger charge is -2.19. The monoisotopic (exact) mass is 318 g/mol. The molecule has 1 heterocycles. The van der Waals surface area contributed by atoms with Crippen LogP contribution in [0, 0.1) is 11.3 Å². The van der Waals surface area contributed by atoms with E-state index in [-0.39, 0.29) is 23.1 Å². The fraction of sp³-hybridized carbons (Fsp3) is 0.556. The molecule has 1 saturated heterocycles. The van der Waals surface area contributed by atoms with Gasteiger partial charge in [-0.1, -0.05) is 20.8 Å². The van der Waals surface area contributed by atoms with E-state index in [1.165, 1.54) is 0 Å². The van der Waals surface area contributed by atoms with Crippen LogP contribution < -0.4 is 15.0 Å². The van der Waals surface area contributed by atoms with Gasteiger partial charge in [-0.3, -0.25) is 9.59 Å². The minimum atomic E-state index is -0.0231. The maximum absolute atomic E-state index is 12.2. The number of nitrogens with zero attached hydrogens (tertiary/aromatic N) is 1. The average molecular weight is 318 g/mol. The fourth-order valence-electron chi connectivity index (χ4n) is 2.73. The first-order valence-electron chi connectivity index (χ1n) is 7.99. The number of hydrogen-bond donors (Lipinski definition) is 1. The summed E-state index contributed by atoms with van der Waals surface area (Å²) in [6.07, 6.45) is 0.970. The molecule has 0 radical (unpaired) electrons. The van der Waals surface area contributed by atoms with E-state index in [9.17, 15) is 9.59 Å². The molecule has 1 aromatic carbocycles. The summed E-state index contributed by atoms with van der Waals surface area (Å²) in [6.45, 7) is 7.31. The number of ether oxygens (including phenoxy) is 1. The Morgan fingerprint density at radius 3 is 2.52 bits per heavy atom. The number of nitrogens with one attached hydrogen (secondary N) is 1. The zero-order valence-corrected chi connectivity index (χ0v) is 14.4. The van der Waals surface area contributed by atoms with Crippen LogP contribution in [0.1, 0.15) is 33.6 Å². The Morgan fingerprint density at radius 2 is 1.96 bits per heavy atom. The first-order valence-corrected chi connectivity index (χ1v) is 7.99. The SMILES string of the molecule is COc1ccc(N2CC(CNC(=O)CC(C)(C)C)CC2=O)cc1. The Morgan fingerprint density at radius 1 is 1.30 bits per heavy atom. The molecule has 1 N–H and O–H groups in total. The Balaban J connectivity index is 1.88. The predicted molar refractivity (Wildman–Crippen MR) is 90.5 cm³/mol. The number of carbonyl (C=O) groups is 2. The average Bonchev–Trinajstić information content (AvgIpc) is 2.85. The van der Waals surface area contributed by atoms with Crippen molar-refractivity contribution in [1.29, 1.82) is 0 Å². The summed E-state index contributed by atoms with van der Waals surface area (Å²) in [7, 11) is 1.62. The highest BCUT2D eigenvalue weighted by Crippen LogP contribution is 2.26. The third kappa shape index (κ3) is 4.98. The largest absolute Gasteiger partial charge is 0.497 e. The van der Waals surface area contributed by atoms with Gasteiger partial charge >= 0.3 is 0 Å². The van der Waals surface area contributed by atoms with Crippen LogP contribution in [0.2, 0.25) is 0 Å². The topological polar surface area (TPSA) is 58.6 Å². The lowest BCUT2D eigenvalue weighted by molar-refractivity contribution is -0.123. The van der Waals surface area contributed by atoms with Gasteiger partial charge in [-0.05, 0) is 29.7 Å². The molecule has 1 aromatic rings. The summed E-state index contributed by atoms with van der Waals surface area (Å²) in [5.41, 5.74) is 0.851. The summed E-state index contributed by atoms with van der Waals surface area (Å²) in [4.78, 5) is 25.9. The smallest absolute Gasteiger partial charge is 0.227 e. The predicted octanol–water partition coefficient (Wildman–Crippen LogP) is 2.60. The molecule has 5 nitrogen and oxygen atoms in total. The first kappa shape index (κ1) is 17.3. The lowest BCUT2D eigenvalue weighted by Crippen LogP contribution is -2.33. The summed E-state index contributed by atoms with van der Waals surface area (Å²) < 4.78 is 5.13. The normalized spacial score (nSPS) is 18.2. The van der Waals surface area contributed by atoms with E-state index in [1.54, 1.807) is 12.0 Å². The Kier molecular flexibility index (Phi) is 5.29. The number of benzene rings is 1. The standard InChI is InChI=1S/C18H26N2O3/c1-18(2,3)10-16(21)19-11-13-9-17(22)20(12-13)14-5-7-15(23-4)8-6-14/h5-8,13H,9-12H2,1-4H3,(H,19,21). The van der Waals surface area contributed by atoms with Crippen LogP contribution in [0.15, 0.2) is 24.3 Å². The maximum atomic E-state index is 12.2. The molecule has 1 atom stereocenters. The number of amides is 2. The van der Waals surface area contributed by atoms with Crippen LogP contribution in [0.25, 0.3) is 0 Å². The van der Waals surface area contributed by atoms with E-state index in [1.807, 2.05) is 45.0 Å². The number of hydrogen-bond acceptors (Lipinski definition) is 3. The summed E-state index contributed by atoms with van der Waals surface area (Å²) in [5, 5.41) is 2.95. The van der Waals surface area contributed by atoms with Crippen LogP contribution >= 0.6 is 0 Å². The molecule has 0 spiro atoms. The second-order valence-corrected chi connectivity index (χ2v) is 7.31. The summed E-state index contributed by atoms with van der Waals surface area (Å²) in [5.74, 6) is 1.08. The van der Waals surface area contributed by atoms with Gasteiger partial charge in [0.2, 0.25) is 11.8 Å². The summed E-state index contributed by atoms with van der Waals surface area (Å²) in [6, 6.07) is 7.47. The molecule has 23 heavy (non-hydrogen) atoms. The zero-order valence-electron chi connectivity index (χ0n) is 14.4. The van der Waals surface area contributed by atoms with Crippen LogP contribution in [-0.4, -0.2) is 32.0 Å². The molecule has 0 aliphatic carbocycles. The lowest BCUT2D eigenvalue weighted by atomic mass is 9.92. The van der Waals surface area contributed by atoms with Crippen molar-refractivity contribution in [3.8, 4) is 5.75 Å². The molecule has 1 unspecified atom stereocenters. The van der Waals surface area contributed by atoms with Crippen molar-refractivity contribution < 1.29 is 14.3 Å². The molecule has 126 valence electrons. The molecule has 5 heteroatoms. The van der Waals surface area contributed by atoms with Gasteiger partial charge in [-0.15, -0.1) is 0 Å². The molecule has 0 aromatic heterocycles. The van der Waals surface area contributed by atoms with Gasteiger partial charge in [0.1, 0.15) is 5.75 Å². The molecule has 1 fully saturated rings.